The highest BCUT2D eigenvalue weighted by Gasteiger charge is 2.24. The first kappa shape index (κ1) is 14.9. The number of methoxy groups -OCH3 is 1. The van der Waals surface area contributed by atoms with Gasteiger partial charge in [-0.25, -0.2) is 0 Å². The summed E-state index contributed by atoms with van der Waals surface area (Å²) in [6, 6.07) is 2.20. The van der Waals surface area contributed by atoms with E-state index in [2.05, 4.69) is 13.8 Å². The van der Waals surface area contributed by atoms with Crippen molar-refractivity contribution in [1.29, 1.82) is 5.26 Å². The quantitative estimate of drug-likeness (QED) is 0.665. The number of ether oxygens (including phenoxy) is 1. The zero-order valence-corrected chi connectivity index (χ0v) is 10.7. The monoisotopic (exact) mass is 226 g/mol. The molecule has 0 saturated carbocycles. The zero-order valence-electron chi connectivity index (χ0n) is 10.7. The van der Waals surface area contributed by atoms with Gasteiger partial charge in [0.25, 0.3) is 0 Å². The summed E-state index contributed by atoms with van der Waals surface area (Å²) in [7, 11) is 1.61. The highest BCUT2D eigenvalue weighted by molar-refractivity contribution is 5.81. The molecule has 0 saturated heterocycles. The van der Waals surface area contributed by atoms with Crippen molar-refractivity contribution in [3.8, 4) is 6.07 Å². The molecule has 0 aliphatic heterocycles. The molecular weight excluding hydrogens is 204 g/mol. The first-order valence-electron chi connectivity index (χ1n) is 5.81. The van der Waals surface area contributed by atoms with Gasteiger partial charge in [-0.3, -0.25) is 4.79 Å². The predicted molar refractivity (Wildman–Crippen MR) is 62.7 cm³/mol. The van der Waals surface area contributed by atoms with Crippen LogP contribution in [0.4, 0.5) is 0 Å². The number of hydrogen-bond donors (Lipinski definition) is 0. The van der Waals surface area contributed by atoms with Gasteiger partial charge in [-0.05, 0) is 19.8 Å². The van der Waals surface area contributed by atoms with Gasteiger partial charge in [0.15, 0.2) is 0 Å². The number of carbonyl (C=O) groups is 1. The molecule has 1 unspecified atom stereocenters. The molecule has 0 heterocycles. The van der Waals surface area contributed by atoms with E-state index in [4.69, 9.17) is 10.00 Å². The highest BCUT2D eigenvalue weighted by Crippen LogP contribution is 2.12. The van der Waals surface area contributed by atoms with E-state index in [1.165, 1.54) is 0 Å². The minimum Gasteiger partial charge on any atom is -0.383 e. The van der Waals surface area contributed by atoms with Crippen LogP contribution >= 0.6 is 0 Å². The van der Waals surface area contributed by atoms with Gasteiger partial charge < -0.3 is 9.64 Å². The fourth-order valence-electron chi connectivity index (χ4n) is 1.70. The van der Waals surface area contributed by atoms with Crippen LogP contribution in [0.25, 0.3) is 0 Å². The third kappa shape index (κ3) is 4.19. The molecule has 0 aromatic carbocycles. The number of amides is 1. The van der Waals surface area contributed by atoms with Crippen molar-refractivity contribution in [2.24, 2.45) is 5.92 Å². The van der Waals surface area contributed by atoms with Crippen LogP contribution < -0.4 is 0 Å². The SMILES string of the molecule is CCC(CC)N(CCOC)C(=O)C(C)C#N. The van der Waals surface area contributed by atoms with Gasteiger partial charge >= 0.3 is 0 Å². The standard InChI is InChI=1S/C12H22N2O2/c1-5-11(6-2)14(7-8-16-4)12(15)10(3)9-13/h10-11H,5-8H2,1-4H3. The largest absolute Gasteiger partial charge is 0.383 e. The zero-order chi connectivity index (χ0) is 12.6. The Kier molecular flexibility index (Phi) is 7.57. The molecule has 0 radical (unpaired) electrons. The van der Waals surface area contributed by atoms with E-state index >= 15 is 0 Å². The fourth-order valence-corrected chi connectivity index (χ4v) is 1.70. The van der Waals surface area contributed by atoms with E-state index in [1.54, 1.807) is 18.9 Å². The summed E-state index contributed by atoms with van der Waals surface area (Å²) in [6.45, 7) is 6.83. The van der Waals surface area contributed by atoms with Crippen LogP contribution in [-0.4, -0.2) is 37.1 Å². The summed E-state index contributed by atoms with van der Waals surface area (Å²) in [5, 5.41) is 8.78. The van der Waals surface area contributed by atoms with Crippen LogP contribution in [0.2, 0.25) is 0 Å². The molecule has 0 aliphatic carbocycles. The van der Waals surface area contributed by atoms with Crippen LogP contribution in [-0.2, 0) is 9.53 Å². The highest BCUT2D eigenvalue weighted by atomic mass is 16.5. The Labute approximate surface area is 98.2 Å². The summed E-state index contributed by atoms with van der Waals surface area (Å²) in [6.07, 6.45) is 1.81. The second-order valence-corrected chi connectivity index (χ2v) is 3.85. The molecule has 0 aliphatic rings. The normalized spacial score (nSPS) is 12.2. The molecular formula is C12H22N2O2. The number of rotatable bonds is 7. The summed E-state index contributed by atoms with van der Waals surface area (Å²) in [5.41, 5.74) is 0. The summed E-state index contributed by atoms with van der Waals surface area (Å²) < 4.78 is 5.00. The molecule has 1 atom stereocenters. The van der Waals surface area contributed by atoms with Crippen LogP contribution in [0.1, 0.15) is 33.6 Å². The summed E-state index contributed by atoms with van der Waals surface area (Å²) in [5.74, 6) is -0.661. The van der Waals surface area contributed by atoms with Crippen LogP contribution in [0, 0.1) is 17.2 Å². The molecule has 1 amide bonds. The first-order valence-corrected chi connectivity index (χ1v) is 5.81. The minimum atomic E-state index is -0.572. The Morgan fingerprint density at radius 1 is 1.44 bits per heavy atom. The second-order valence-electron chi connectivity index (χ2n) is 3.85. The lowest BCUT2D eigenvalue weighted by atomic mass is 10.1. The van der Waals surface area contributed by atoms with Crippen LogP contribution in [0.3, 0.4) is 0 Å². The summed E-state index contributed by atoms with van der Waals surface area (Å²) in [4.78, 5) is 13.8. The molecule has 4 heteroatoms. The Morgan fingerprint density at radius 3 is 2.38 bits per heavy atom. The molecule has 0 rings (SSSR count). The molecule has 92 valence electrons. The van der Waals surface area contributed by atoms with Crippen molar-refractivity contribution in [2.75, 3.05) is 20.3 Å². The number of hydrogen-bond acceptors (Lipinski definition) is 3. The van der Waals surface area contributed by atoms with Gasteiger partial charge in [0.05, 0.1) is 12.7 Å². The maximum atomic E-state index is 12.0. The maximum Gasteiger partial charge on any atom is 0.239 e. The molecule has 0 bridgehead atoms. The van der Waals surface area contributed by atoms with Gasteiger partial charge in [-0.2, -0.15) is 5.26 Å². The van der Waals surface area contributed by atoms with Gasteiger partial charge in [-0.15, -0.1) is 0 Å². The second kappa shape index (κ2) is 8.12. The van der Waals surface area contributed by atoms with E-state index in [-0.39, 0.29) is 11.9 Å². The van der Waals surface area contributed by atoms with Crippen molar-refractivity contribution in [2.45, 2.75) is 39.7 Å². The molecule has 0 fully saturated rings. The molecule has 4 nitrogen and oxygen atoms in total. The van der Waals surface area contributed by atoms with E-state index in [0.29, 0.717) is 13.2 Å². The fraction of sp³-hybridized carbons (Fsp3) is 0.833. The maximum absolute atomic E-state index is 12.0. The summed E-state index contributed by atoms with van der Waals surface area (Å²) >= 11 is 0. The van der Waals surface area contributed by atoms with Gasteiger partial charge in [0.1, 0.15) is 5.92 Å². The van der Waals surface area contributed by atoms with Gasteiger partial charge in [-0.1, -0.05) is 13.8 Å². The van der Waals surface area contributed by atoms with Crippen molar-refractivity contribution < 1.29 is 9.53 Å². The third-order valence-electron chi connectivity index (χ3n) is 2.77. The Hall–Kier alpha value is -1.08. The van der Waals surface area contributed by atoms with Crippen LogP contribution in [0.15, 0.2) is 0 Å². The van der Waals surface area contributed by atoms with Crippen molar-refractivity contribution in [3.05, 3.63) is 0 Å². The lowest BCUT2D eigenvalue weighted by Gasteiger charge is -2.31. The minimum absolute atomic E-state index is 0.0896. The average Bonchev–Trinajstić information content (AvgIpc) is 2.32. The molecule has 0 N–H and O–H groups in total. The first-order chi connectivity index (χ1) is 7.62. The smallest absolute Gasteiger partial charge is 0.239 e. The number of nitriles is 1. The van der Waals surface area contributed by atoms with Crippen molar-refractivity contribution >= 4 is 5.91 Å². The van der Waals surface area contributed by atoms with Crippen molar-refractivity contribution in [3.63, 3.8) is 0 Å². The molecule has 16 heavy (non-hydrogen) atoms. The third-order valence-corrected chi connectivity index (χ3v) is 2.77. The van der Waals surface area contributed by atoms with Gasteiger partial charge in [0, 0.05) is 19.7 Å². The number of carbonyl (C=O) groups excluding carboxylic acids is 1. The van der Waals surface area contributed by atoms with Crippen LogP contribution in [0.5, 0.6) is 0 Å². The molecule has 0 spiro atoms. The van der Waals surface area contributed by atoms with Gasteiger partial charge in [0.2, 0.25) is 5.91 Å². The Morgan fingerprint density at radius 2 is 2.00 bits per heavy atom. The van der Waals surface area contributed by atoms with E-state index in [9.17, 15) is 4.79 Å². The van der Waals surface area contributed by atoms with E-state index in [0.717, 1.165) is 12.8 Å². The topological polar surface area (TPSA) is 53.3 Å². The molecule has 0 aromatic rings. The molecule has 0 aromatic heterocycles. The predicted octanol–water partition coefficient (Wildman–Crippen LogP) is 1.81. The average molecular weight is 226 g/mol. The lowest BCUT2D eigenvalue weighted by Crippen LogP contribution is -2.44. The van der Waals surface area contributed by atoms with E-state index in [1.807, 2.05) is 6.07 Å². The van der Waals surface area contributed by atoms with E-state index < -0.39 is 5.92 Å². The lowest BCUT2D eigenvalue weighted by molar-refractivity contribution is -0.136. The van der Waals surface area contributed by atoms with Crippen molar-refractivity contribution in [1.82, 2.24) is 4.90 Å². The Bertz CT molecular complexity index is 244. The Balaban J connectivity index is 4.65. The number of nitrogens with zero attached hydrogens (tertiary/aromatic N) is 2.